The third kappa shape index (κ3) is 1.92. The molecule has 1 heterocycles. The van der Waals surface area contributed by atoms with Gasteiger partial charge in [-0.1, -0.05) is 13.8 Å². The van der Waals surface area contributed by atoms with Gasteiger partial charge in [0.25, 0.3) is 0 Å². The summed E-state index contributed by atoms with van der Waals surface area (Å²) in [5.41, 5.74) is 3.89. The molecule has 3 heteroatoms. The van der Waals surface area contributed by atoms with E-state index >= 15 is 0 Å². The van der Waals surface area contributed by atoms with Crippen LogP contribution in [0, 0.1) is 19.4 Å². The second-order valence-corrected chi connectivity index (χ2v) is 2.45. The van der Waals surface area contributed by atoms with Crippen LogP contribution in [0.4, 0.5) is 0 Å². The van der Waals surface area contributed by atoms with Crippen LogP contribution in [0.25, 0.3) is 0 Å². The number of rotatable bonds is 0. The average molecular weight is 201 g/mol. The molecule has 0 amide bonds. The molecule has 1 rings (SSSR count). The Morgan fingerprint density at radius 3 is 2.25 bits per heavy atom. The van der Waals surface area contributed by atoms with Crippen molar-refractivity contribution >= 4 is 11.3 Å². The molecule has 0 saturated heterocycles. The van der Waals surface area contributed by atoms with Gasteiger partial charge in [0.1, 0.15) is 0 Å². The molecule has 41 valence electrons. The van der Waals surface area contributed by atoms with Crippen molar-refractivity contribution in [3.8, 4) is 0 Å². The van der Waals surface area contributed by atoms with E-state index in [1.54, 1.807) is 11.3 Å². The van der Waals surface area contributed by atoms with Crippen molar-refractivity contribution in [2.75, 3.05) is 0 Å². The number of aromatic nitrogens is 1. The zero-order valence-electron chi connectivity index (χ0n) is 4.93. The minimum Gasteiger partial charge on any atom is -0.391 e. The third-order valence-corrected chi connectivity index (χ3v) is 1.71. The Morgan fingerprint density at radius 2 is 2.12 bits per heavy atom. The first-order valence-electron chi connectivity index (χ1n) is 2.11. The standard InChI is InChI=1S/C5H6NS.Y/c1-4-5(2)7-3-6-4;/h1-2H3;/q-1;. The molecule has 0 unspecified atom stereocenters. The van der Waals surface area contributed by atoms with Crippen molar-refractivity contribution < 1.29 is 32.7 Å². The van der Waals surface area contributed by atoms with Gasteiger partial charge in [-0.2, -0.15) is 0 Å². The first-order valence-corrected chi connectivity index (χ1v) is 2.92. The molecule has 0 bridgehead atoms. The van der Waals surface area contributed by atoms with Crippen LogP contribution < -0.4 is 0 Å². The van der Waals surface area contributed by atoms with E-state index < -0.39 is 0 Å². The first kappa shape index (κ1) is 8.73. The zero-order valence-corrected chi connectivity index (χ0v) is 8.59. The van der Waals surface area contributed by atoms with Gasteiger partial charge in [-0.05, 0) is 5.51 Å². The summed E-state index contributed by atoms with van der Waals surface area (Å²) in [6, 6.07) is 0. The van der Waals surface area contributed by atoms with E-state index in [4.69, 9.17) is 0 Å². The van der Waals surface area contributed by atoms with Gasteiger partial charge < -0.3 is 4.98 Å². The van der Waals surface area contributed by atoms with Crippen molar-refractivity contribution in [3.63, 3.8) is 0 Å². The molecule has 0 aliphatic heterocycles. The molecule has 0 saturated carbocycles. The van der Waals surface area contributed by atoms with E-state index in [1.165, 1.54) is 4.88 Å². The Morgan fingerprint density at radius 1 is 1.50 bits per heavy atom. The van der Waals surface area contributed by atoms with Crippen molar-refractivity contribution in [2.45, 2.75) is 13.8 Å². The number of aryl methyl sites for hydroxylation is 2. The van der Waals surface area contributed by atoms with E-state index in [1.807, 2.05) is 13.8 Å². The summed E-state index contributed by atoms with van der Waals surface area (Å²) in [4.78, 5) is 5.17. The van der Waals surface area contributed by atoms with Gasteiger partial charge in [-0.3, -0.25) is 11.3 Å². The second-order valence-electron chi connectivity index (χ2n) is 1.45. The number of thiazole rings is 1. The van der Waals surface area contributed by atoms with Crippen LogP contribution in [0.2, 0.25) is 0 Å². The monoisotopic (exact) mass is 201 g/mol. The fourth-order valence-corrected chi connectivity index (χ4v) is 0.825. The summed E-state index contributed by atoms with van der Waals surface area (Å²) in [6.07, 6.45) is 0. The molecule has 0 aliphatic rings. The molecule has 1 aromatic rings. The van der Waals surface area contributed by atoms with Crippen LogP contribution in [0.1, 0.15) is 10.6 Å². The van der Waals surface area contributed by atoms with E-state index in [0.717, 1.165) is 5.69 Å². The van der Waals surface area contributed by atoms with Crippen LogP contribution >= 0.6 is 11.3 Å². The van der Waals surface area contributed by atoms with Crippen molar-refractivity contribution in [3.05, 3.63) is 16.1 Å². The summed E-state index contributed by atoms with van der Waals surface area (Å²) in [7, 11) is 0. The smallest absolute Gasteiger partial charge is 0 e. The molecule has 0 N–H and O–H groups in total. The van der Waals surface area contributed by atoms with Gasteiger partial charge in [0.05, 0.1) is 0 Å². The van der Waals surface area contributed by atoms with Crippen molar-refractivity contribution in [1.82, 2.24) is 4.98 Å². The molecule has 0 aliphatic carbocycles. The summed E-state index contributed by atoms with van der Waals surface area (Å²) in [5, 5.41) is 0. The van der Waals surface area contributed by atoms with Crippen molar-refractivity contribution in [1.29, 1.82) is 0 Å². The minimum absolute atomic E-state index is 0. The van der Waals surface area contributed by atoms with E-state index in [9.17, 15) is 0 Å². The molecule has 0 atom stereocenters. The second kappa shape index (κ2) is 3.70. The number of hydrogen-bond acceptors (Lipinski definition) is 2. The summed E-state index contributed by atoms with van der Waals surface area (Å²) in [6.45, 7) is 4.03. The summed E-state index contributed by atoms with van der Waals surface area (Å²) < 4.78 is 0. The van der Waals surface area contributed by atoms with Crippen LogP contribution in [0.5, 0.6) is 0 Å². The topological polar surface area (TPSA) is 12.9 Å². The number of nitrogens with zero attached hydrogens (tertiary/aromatic N) is 1. The summed E-state index contributed by atoms with van der Waals surface area (Å²) in [5.74, 6) is 0. The Hall–Kier alpha value is 0.734. The predicted molar refractivity (Wildman–Crippen MR) is 30.4 cm³/mol. The summed E-state index contributed by atoms with van der Waals surface area (Å²) >= 11 is 1.57. The van der Waals surface area contributed by atoms with Gasteiger partial charge >= 0.3 is 0 Å². The molecular formula is C5H6NSY-. The van der Waals surface area contributed by atoms with Crippen LogP contribution in [-0.4, -0.2) is 4.98 Å². The maximum absolute atomic E-state index is 3.91. The SMILES string of the molecule is Cc1n[c-]sc1C.[Y]. The Kier molecular flexibility index (Phi) is 4.04. The Labute approximate surface area is 78.4 Å². The van der Waals surface area contributed by atoms with Crippen LogP contribution in [0.15, 0.2) is 0 Å². The fourth-order valence-electron chi connectivity index (χ4n) is 0.312. The Balaban J connectivity index is 0.000000490. The average Bonchev–Trinajstić information content (AvgIpc) is 1.91. The molecule has 1 nitrogen and oxygen atoms in total. The first-order chi connectivity index (χ1) is 3.30. The molecule has 0 fully saturated rings. The molecule has 0 aromatic carbocycles. The molecule has 8 heavy (non-hydrogen) atoms. The normalized spacial score (nSPS) is 8.25. The van der Waals surface area contributed by atoms with Gasteiger partial charge in [0.15, 0.2) is 0 Å². The van der Waals surface area contributed by atoms with Crippen molar-refractivity contribution in [2.24, 2.45) is 0 Å². The van der Waals surface area contributed by atoms with Gasteiger partial charge in [0.2, 0.25) is 0 Å². The van der Waals surface area contributed by atoms with Crippen LogP contribution in [-0.2, 0) is 32.7 Å². The molecular weight excluding hydrogens is 195 g/mol. The van der Waals surface area contributed by atoms with Gasteiger partial charge in [0, 0.05) is 32.7 Å². The Bertz CT molecular complexity index is 145. The minimum atomic E-state index is 0. The van der Waals surface area contributed by atoms with Gasteiger partial charge in [-0.15, -0.1) is 10.6 Å². The molecule has 1 aromatic heterocycles. The molecule has 0 spiro atoms. The maximum Gasteiger partial charge on any atom is 0 e. The quantitative estimate of drug-likeness (QED) is 0.580. The third-order valence-electron chi connectivity index (χ3n) is 0.922. The van der Waals surface area contributed by atoms with E-state index in [-0.39, 0.29) is 32.7 Å². The van der Waals surface area contributed by atoms with E-state index in [0.29, 0.717) is 0 Å². The van der Waals surface area contributed by atoms with Gasteiger partial charge in [-0.25, -0.2) is 0 Å². The largest absolute Gasteiger partial charge is 0.391 e. The van der Waals surface area contributed by atoms with E-state index in [2.05, 4.69) is 10.5 Å². The predicted octanol–water partition coefficient (Wildman–Crippen LogP) is 1.56. The fraction of sp³-hybridized carbons (Fsp3) is 0.400. The molecule has 1 radical (unpaired) electrons. The maximum atomic E-state index is 3.91. The van der Waals surface area contributed by atoms with Crippen LogP contribution in [0.3, 0.4) is 0 Å². The number of hydrogen-bond donors (Lipinski definition) is 0. The zero-order chi connectivity index (χ0) is 5.28.